The Bertz CT molecular complexity index is 702. The van der Waals surface area contributed by atoms with E-state index in [0.717, 1.165) is 5.56 Å². The maximum atomic E-state index is 12.0. The molecule has 0 radical (unpaired) electrons. The molecule has 2 aromatic carbocycles. The van der Waals surface area contributed by atoms with Crippen LogP contribution in [0, 0.1) is 0 Å². The zero-order valence-electron chi connectivity index (χ0n) is 13.1. The predicted octanol–water partition coefficient (Wildman–Crippen LogP) is 0.629. The number of benzene rings is 2. The highest BCUT2D eigenvalue weighted by molar-refractivity contribution is 5.97. The summed E-state index contributed by atoms with van der Waals surface area (Å²) < 4.78 is 0. The first-order valence-electron chi connectivity index (χ1n) is 7.52. The van der Waals surface area contributed by atoms with Crippen LogP contribution in [-0.4, -0.2) is 30.3 Å². The normalized spacial score (nSPS) is 11.3. The highest BCUT2D eigenvalue weighted by atomic mass is 16.2. The second-order valence-electron chi connectivity index (χ2n) is 5.26. The van der Waals surface area contributed by atoms with E-state index in [1.54, 1.807) is 30.3 Å². The quantitative estimate of drug-likeness (QED) is 0.696. The van der Waals surface area contributed by atoms with Gasteiger partial charge in [-0.25, -0.2) is 0 Å². The minimum atomic E-state index is -0.825. The molecule has 24 heavy (non-hydrogen) atoms. The topological polar surface area (TPSA) is 101 Å². The first-order valence-corrected chi connectivity index (χ1v) is 7.52. The highest BCUT2D eigenvalue weighted by Gasteiger charge is 2.18. The molecule has 2 rings (SSSR count). The molecule has 2 aromatic rings. The average Bonchev–Trinajstić information content (AvgIpc) is 2.60. The van der Waals surface area contributed by atoms with Gasteiger partial charge in [0.15, 0.2) is 0 Å². The minimum Gasteiger partial charge on any atom is -0.368 e. The molecule has 1 atom stereocenters. The van der Waals surface area contributed by atoms with Crippen LogP contribution < -0.4 is 16.4 Å². The summed E-state index contributed by atoms with van der Waals surface area (Å²) in [6.07, 6.45) is 0.300. The second kappa shape index (κ2) is 8.47. The number of nitrogens with two attached hydrogens (primary N) is 1. The molecule has 0 spiro atoms. The molecule has 4 N–H and O–H groups in total. The van der Waals surface area contributed by atoms with E-state index in [1.165, 1.54) is 0 Å². The number of nitrogens with one attached hydrogen (secondary N) is 2. The Morgan fingerprint density at radius 2 is 1.50 bits per heavy atom. The Morgan fingerprint density at radius 3 is 2.08 bits per heavy atom. The molecule has 1 unspecified atom stereocenters. The number of carbonyl (C=O) groups excluding carboxylic acids is 3. The molecular weight excluding hydrogens is 306 g/mol. The number of hydrogen-bond donors (Lipinski definition) is 3. The number of amides is 3. The summed E-state index contributed by atoms with van der Waals surface area (Å²) in [6, 6.07) is 17.0. The molecule has 0 aromatic heterocycles. The lowest BCUT2D eigenvalue weighted by molar-refractivity contribution is -0.126. The van der Waals surface area contributed by atoms with Gasteiger partial charge in [-0.15, -0.1) is 0 Å². The Balaban J connectivity index is 1.87. The zero-order chi connectivity index (χ0) is 17.4. The SMILES string of the molecule is NC(=O)C(Cc1ccccc1)NC(=O)CNC(=O)c1ccccc1. The fourth-order valence-corrected chi connectivity index (χ4v) is 2.17. The molecule has 0 heterocycles. The zero-order valence-corrected chi connectivity index (χ0v) is 13.1. The van der Waals surface area contributed by atoms with Crippen LogP contribution in [0.4, 0.5) is 0 Å². The van der Waals surface area contributed by atoms with Crippen molar-refractivity contribution < 1.29 is 14.4 Å². The summed E-state index contributed by atoms with van der Waals surface area (Å²) in [5.74, 6) is -1.45. The number of primary amides is 1. The average molecular weight is 325 g/mol. The maximum Gasteiger partial charge on any atom is 0.251 e. The lowest BCUT2D eigenvalue weighted by atomic mass is 10.1. The number of rotatable bonds is 7. The van der Waals surface area contributed by atoms with E-state index < -0.39 is 17.9 Å². The summed E-state index contributed by atoms with van der Waals surface area (Å²) >= 11 is 0. The molecule has 0 aliphatic heterocycles. The van der Waals surface area contributed by atoms with Crippen molar-refractivity contribution in [3.8, 4) is 0 Å². The minimum absolute atomic E-state index is 0.230. The van der Waals surface area contributed by atoms with Crippen molar-refractivity contribution in [3.63, 3.8) is 0 Å². The largest absolute Gasteiger partial charge is 0.368 e. The van der Waals surface area contributed by atoms with Crippen LogP contribution in [-0.2, 0) is 16.0 Å². The molecule has 0 fully saturated rings. The molecule has 3 amide bonds. The Hall–Kier alpha value is -3.15. The van der Waals surface area contributed by atoms with Crippen molar-refractivity contribution in [2.75, 3.05) is 6.54 Å². The lowest BCUT2D eigenvalue weighted by Crippen LogP contribution is -2.49. The number of carbonyl (C=O) groups is 3. The van der Waals surface area contributed by atoms with Crippen molar-refractivity contribution in [2.45, 2.75) is 12.5 Å². The Kier molecular flexibility index (Phi) is 6.08. The van der Waals surface area contributed by atoms with Crippen molar-refractivity contribution in [2.24, 2.45) is 5.73 Å². The third-order valence-corrected chi connectivity index (χ3v) is 3.41. The van der Waals surface area contributed by atoms with Gasteiger partial charge < -0.3 is 16.4 Å². The van der Waals surface area contributed by atoms with Crippen LogP contribution in [0.25, 0.3) is 0 Å². The van der Waals surface area contributed by atoms with Crippen molar-refractivity contribution in [3.05, 3.63) is 71.8 Å². The molecule has 6 nitrogen and oxygen atoms in total. The van der Waals surface area contributed by atoms with Gasteiger partial charge in [-0.1, -0.05) is 48.5 Å². The van der Waals surface area contributed by atoms with Crippen LogP contribution >= 0.6 is 0 Å². The van der Waals surface area contributed by atoms with Crippen LogP contribution in [0.2, 0.25) is 0 Å². The van der Waals surface area contributed by atoms with E-state index in [2.05, 4.69) is 10.6 Å². The second-order valence-corrected chi connectivity index (χ2v) is 5.26. The van der Waals surface area contributed by atoms with E-state index in [0.29, 0.717) is 12.0 Å². The van der Waals surface area contributed by atoms with Crippen molar-refractivity contribution >= 4 is 17.7 Å². The molecule has 0 aliphatic rings. The van der Waals surface area contributed by atoms with Gasteiger partial charge in [0.2, 0.25) is 11.8 Å². The van der Waals surface area contributed by atoms with Crippen LogP contribution in [0.5, 0.6) is 0 Å². The number of hydrogen-bond acceptors (Lipinski definition) is 3. The standard InChI is InChI=1S/C18H19N3O3/c19-17(23)15(11-13-7-3-1-4-8-13)21-16(22)12-20-18(24)14-9-5-2-6-10-14/h1-10,15H,11-12H2,(H2,19,23)(H,20,24)(H,21,22). The van der Waals surface area contributed by atoms with Gasteiger partial charge in [0.05, 0.1) is 6.54 Å². The van der Waals surface area contributed by atoms with E-state index in [1.807, 2.05) is 30.3 Å². The van der Waals surface area contributed by atoms with E-state index in [4.69, 9.17) is 5.73 Å². The summed E-state index contributed by atoms with van der Waals surface area (Å²) in [5, 5.41) is 5.05. The smallest absolute Gasteiger partial charge is 0.251 e. The Morgan fingerprint density at radius 1 is 0.917 bits per heavy atom. The van der Waals surface area contributed by atoms with Gasteiger partial charge >= 0.3 is 0 Å². The third-order valence-electron chi connectivity index (χ3n) is 3.41. The molecule has 0 aliphatic carbocycles. The lowest BCUT2D eigenvalue weighted by Gasteiger charge is -2.16. The van der Waals surface area contributed by atoms with E-state index in [-0.39, 0.29) is 12.5 Å². The predicted molar refractivity (Wildman–Crippen MR) is 90.0 cm³/mol. The van der Waals surface area contributed by atoms with E-state index in [9.17, 15) is 14.4 Å². The summed E-state index contributed by atoms with van der Waals surface area (Å²) in [4.78, 5) is 35.3. The fraction of sp³-hybridized carbons (Fsp3) is 0.167. The third kappa shape index (κ3) is 5.24. The van der Waals surface area contributed by atoms with Crippen molar-refractivity contribution in [1.82, 2.24) is 10.6 Å². The van der Waals surface area contributed by atoms with Gasteiger partial charge in [-0.3, -0.25) is 14.4 Å². The molecule has 0 saturated carbocycles. The van der Waals surface area contributed by atoms with E-state index >= 15 is 0 Å². The van der Waals surface area contributed by atoms with Gasteiger partial charge in [0, 0.05) is 12.0 Å². The summed E-state index contributed by atoms with van der Waals surface area (Å²) in [7, 11) is 0. The van der Waals surface area contributed by atoms with Crippen molar-refractivity contribution in [1.29, 1.82) is 0 Å². The van der Waals surface area contributed by atoms with Crippen LogP contribution in [0.15, 0.2) is 60.7 Å². The summed E-state index contributed by atoms with van der Waals surface area (Å²) in [6.45, 7) is -0.230. The van der Waals surface area contributed by atoms with Gasteiger partial charge in [-0.2, -0.15) is 0 Å². The molecule has 124 valence electrons. The molecular formula is C18H19N3O3. The Labute approximate surface area is 140 Å². The first kappa shape index (κ1) is 17.2. The molecule has 6 heteroatoms. The van der Waals surface area contributed by atoms with Crippen LogP contribution in [0.1, 0.15) is 15.9 Å². The molecule has 0 saturated heterocycles. The highest BCUT2D eigenvalue weighted by Crippen LogP contribution is 2.03. The fourth-order valence-electron chi connectivity index (χ4n) is 2.17. The maximum absolute atomic E-state index is 12.0. The van der Waals surface area contributed by atoms with Gasteiger partial charge in [0.25, 0.3) is 5.91 Å². The monoisotopic (exact) mass is 325 g/mol. The first-order chi connectivity index (χ1) is 11.6. The van der Waals surface area contributed by atoms with Gasteiger partial charge in [-0.05, 0) is 17.7 Å². The summed E-state index contributed by atoms with van der Waals surface area (Å²) in [5.41, 5.74) is 6.68. The van der Waals surface area contributed by atoms with Gasteiger partial charge in [0.1, 0.15) is 6.04 Å². The molecule has 0 bridgehead atoms. The van der Waals surface area contributed by atoms with Crippen LogP contribution in [0.3, 0.4) is 0 Å².